The van der Waals surface area contributed by atoms with Gasteiger partial charge < -0.3 is 0 Å². The van der Waals surface area contributed by atoms with Gasteiger partial charge in [-0.05, 0) is 25.7 Å². The zero-order valence-electron chi connectivity index (χ0n) is 6.35. The van der Waals surface area contributed by atoms with Crippen LogP contribution in [0.5, 0.6) is 0 Å². The first-order valence-corrected chi connectivity index (χ1v) is 3.83. The Bertz CT molecular complexity index is 116. The highest BCUT2D eigenvalue weighted by Gasteiger charge is 2.13. The lowest BCUT2D eigenvalue weighted by molar-refractivity contribution is 0.533. The largest absolute Gasteiger partial charge is 0.294 e. The van der Waals surface area contributed by atoms with Crippen LogP contribution < -0.4 is 0 Å². The summed E-state index contributed by atoms with van der Waals surface area (Å²) in [4.78, 5) is 4.35. The van der Waals surface area contributed by atoms with Crippen LogP contribution in [0.2, 0.25) is 0 Å². The number of hydrogen-bond donors (Lipinski definition) is 0. The van der Waals surface area contributed by atoms with E-state index in [1.165, 1.54) is 25.0 Å². The number of aliphatic imine (C=N–C) groups is 1. The van der Waals surface area contributed by atoms with Crippen molar-refractivity contribution in [2.24, 2.45) is 10.9 Å². The summed E-state index contributed by atoms with van der Waals surface area (Å²) in [6.45, 7) is 5.48. The molecule has 0 radical (unpaired) electrons. The minimum absolute atomic E-state index is 0.884. The quantitative estimate of drug-likeness (QED) is 0.537. The van der Waals surface area contributed by atoms with E-state index in [9.17, 15) is 0 Å². The molecule has 1 nitrogen and oxygen atoms in total. The molecule has 1 atom stereocenters. The lowest BCUT2D eigenvalue weighted by Crippen LogP contribution is -1.99. The van der Waals surface area contributed by atoms with Gasteiger partial charge in [-0.25, -0.2) is 0 Å². The first-order valence-electron chi connectivity index (χ1n) is 3.83. The second-order valence-electron chi connectivity index (χ2n) is 2.93. The van der Waals surface area contributed by atoms with Crippen LogP contribution in [0.15, 0.2) is 4.99 Å². The minimum Gasteiger partial charge on any atom is -0.294 e. The summed E-state index contributed by atoms with van der Waals surface area (Å²) in [5.41, 5.74) is 1.36. The molecule has 52 valence electrons. The highest BCUT2D eigenvalue weighted by atomic mass is 14.8. The lowest BCUT2D eigenvalue weighted by atomic mass is 10.0. The average molecular weight is 125 g/mol. The molecule has 0 aromatic rings. The van der Waals surface area contributed by atoms with Crippen LogP contribution in [0.4, 0.5) is 0 Å². The van der Waals surface area contributed by atoms with Crippen molar-refractivity contribution in [2.75, 3.05) is 6.54 Å². The van der Waals surface area contributed by atoms with Crippen molar-refractivity contribution in [3.05, 3.63) is 0 Å². The normalized spacial score (nSPS) is 26.4. The SMILES string of the molecule is CCCC1CN=C(C)C1. The molecule has 0 aromatic carbocycles. The van der Waals surface area contributed by atoms with Gasteiger partial charge in [0, 0.05) is 12.3 Å². The minimum atomic E-state index is 0.884. The van der Waals surface area contributed by atoms with E-state index in [1.54, 1.807) is 0 Å². The van der Waals surface area contributed by atoms with Crippen LogP contribution >= 0.6 is 0 Å². The summed E-state index contributed by atoms with van der Waals surface area (Å²) in [7, 11) is 0. The molecule has 1 heteroatoms. The summed E-state index contributed by atoms with van der Waals surface area (Å²) in [5, 5.41) is 0. The molecule has 9 heavy (non-hydrogen) atoms. The zero-order valence-corrected chi connectivity index (χ0v) is 6.35. The van der Waals surface area contributed by atoms with Crippen molar-refractivity contribution in [1.29, 1.82) is 0 Å². The third kappa shape index (κ3) is 1.81. The van der Waals surface area contributed by atoms with Gasteiger partial charge in [0.15, 0.2) is 0 Å². The smallest absolute Gasteiger partial charge is 0.0420 e. The monoisotopic (exact) mass is 125 g/mol. The van der Waals surface area contributed by atoms with Gasteiger partial charge in [0.2, 0.25) is 0 Å². The maximum atomic E-state index is 4.35. The van der Waals surface area contributed by atoms with E-state index in [0.29, 0.717) is 0 Å². The van der Waals surface area contributed by atoms with Crippen LogP contribution in [0.3, 0.4) is 0 Å². The van der Waals surface area contributed by atoms with Crippen LogP contribution in [0.25, 0.3) is 0 Å². The van der Waals surface area contributed by atoms with E-state index in [0.717, 1.165) is 12.5 Å². The molecule has 0 spiro atoms. The molecule has 0 N–H and O–H groups in total. The molecule has 0 bridgehead atoms. The molecule has 1 aliphatic rings. The van der Waals surface area contributed by atoms with Gasteiger partial charge in [0.1, 0.15) is 0 Å². The van der Waals surface area contributed by atoms with E-state index in [4.69, 9.17) is 0 Å². The zero-order chi connectivity index (χ0) is 6.69. The van der Waals surface area contributed by atoms with E-state index < -0.39 is 0 Å². The topological polar surface area (TPSA) is 12.4 Å². The Kier molecular flexibility index (Phi) is 2.26. The van der Waals surface area contributed by atoms with Gasteiger partial charge in [-0.2, -0.15) is 0 Å². The summed E-state index contributed by atoms with van der Waals surface area (Å²) in [6, 6.07) is 0. The lowest BCUT2D eigenvalue weighted by Gasteiger charge is -2.03. The van der Waals surface area contributed by atoms with Gasteiger partial charge in [0.25, 0.3) is 0 Å². The Balaban J connectivity index is 2.21. The number of hydrogen-bond acceptors (Lipinski definition) is 1. The molecular weight excluding hydrogens is 110 g/mol. The second kappa shape index (κ2) is 3.00. The third-order valence-corrected chi connectivity index (χ3v) is 1.90. The van der Waals surface area contributed by atoms with E-state index in [1.807, 2.05) is 0 Å². The molecule has 1 heterocycles. The first-order chi connectivity index (χ1) is 4.33. The first kappa shape index (κ1) is 6.79. The maximum absolute atomic E-state index is 4.35. The van der Waals surface area contributed by atoms with E-state index in [-0.39, 0.29) is 0 Å². The molecule has 0 aliphatic carbocycles. The fourth-order valence-corrected chi connectivity index (χ4v) is 1.43. The number of nitrogens with zero attached hydrogens (tertiary/aromatic N) is 1. The molecule has 0 amide bonds. The summed E-state index contributed by atoms with van der Waals surface area (Å²) in [6.07, 6.45) is 3.93. The van der Waals surface area contributed by atoms with Gasteiger partial charge in [0.05, 0.1) is 0 Å². The highest BCUT2D eigenvalue weighted by Crippen LogP contribution is 2.17. The molecular formula is C8H15N. The van der Waals surface area contributed by atoms with Crippen molar-refractivity contribution < 1.29 is 0 Å². The molecule has 0 saturated carbocycles. The van der Waals surface area contributed by atoms with Crippen molar-refractivity contribution in [2.45, 2.75) is 33.1 Å². The van der Waals surface area contributed by atoms with Gasteiger partial charge in [-0.15, -0.1) is 0 Å². The van der Waals surface area contributed by atoms with Gasteiger partial charge >= 0.3 is 0 Å². The van der Waals surface area contributed by atoms with Crippen molar-refractivity contribution in [1.82, 2.24) is 0 Å². The Morgan fingerprint density at radius 2 is 2.44 bits per heavy atom. The predicted octanol–water partition coefficient (Wildman–Crippen LogP) is 2.27. The summed E-state index contributed by atoms with van der Waals surface area (Å²) in [5.74, 6) is 0.884. The molecule has 1 rings (SSSR count). The van der Waals surface area contributed by atoms with Crippen LogP contribution in [-0.4, -0.2) is 12.3 Å². The Morgan fingerprint density at radius 3 is 2.89 bits per heavy atom. The fraction of sp³-hybridized carbons (Fsp3) is 0.875. The van der Waals surface area contributed by atoms with Crippen LogP contribution in [-0.2, 0) is 0 Å². The van der Waals surface area contributed by atoms with Gasteiger partial charge in [-0.1, -0.05) is 13.3 Å². The molecule has 0 saturated heterocycles. The number of rotatable bonds is 2. The van der Waals surface area contributed by atoms with Crippen molar-refractivity contribution in [3.8, 4) is 0 Å². The van der Waals surface area contributed by atoms with E-state index in [2.05, 4.69) is 18.8 Å². The molecule has 1 aliphatic heterocycles. The van der Waals surface area contributed by atoms with Crippen molar-refractivity contribution >= 4 is 5.71 Å². The predicted molar refractivity (Wildman–Crippen MR) is 41.0 cm³/mol. The standard InChI is InChI=1S/C8H15N/c1-3-4-8-5-7(2)9-6-8/h8H,3-6H2,1-2H3. The Hall–Kier alpha value is -0.330. The molecule has 0 aromatic heterocycles. The fourth-order valence-electron chi connectivity index (χ4n) is 1.43. The second-order valence-corrected chi connectivity index (χ2v) is 2.93. The third-order valence-electron chi connectivity index (χ3n) is 1.90. The van der Waals surface area contributed by atoms with Crippen LogP contribution in [0, 0.1) is 5.92 Å². The Labute approximate surface area is 57.2 Å². The molecule has 0 fully saturated rings. The van der Waals surface area contributed by atoms with E-state index >= 15 is 0 Å². The molecule has 1 unspecified atom stereocenters. The maximum Gasteiger partial charge on any atom is 0.0420 e. The van der Waals surface area contributed by atoms with Crippen molar-refractivity contribution in [3.63, 3.8) is 0 Å². The Morgan fingerprint density at radius 1 is 1.67 bits per heavy atom. The van der Waals surface area contributed by atoms with Crippen LogP contribution in [0.1, 0.15) is 33.1 Å². The van der Waals surface area contributed by atoms with Gasteiger partial charge in [-0.3, -0.25) is 4.99 Å². The highest BCUT2D eigenvalue weighted by molar-refractivity contribution is 5.83. The summed E-state index contributed by atoms with van der Waals surface area (Å²) >= 11 is 0. The average Bonchev–Trinajstić information content (AvgIpc) is 2.17. The summed E-state index contributed by atoms with van der Waals surface area (Å²) < 4.78 is 0.